The first-order chi connectivity index (χ1) is 8.11. The molecule has 1 aromatic rings. The first-order valence-electron chi connectivity index (χ1n) is 4.96. The molecule has 0 N–H and O–H groups in total. The van der Waals surface area contributed by atoms with Crippen molar-refractivity contribution in [2.45, 2.75) is 25.7 Å². The molecule has 0 bridgehead atoms. The summed E-state index contributed by atoms with van der Waals surface area (Å²) in [4.78, 5) is 0. The Kier molecular flexibility index (Phi) is 3.83. The zero-order valence-corrected chi connectivity index (χ0v) is 9.54. The monoisotopic (exact) mass is 272 g/mol. The fraction of sp³-hybridized carbons (Fsp3) is 0.455. The number of aryl methyl sites for hydroxylation is 1. The van der Waals surface area contributed by atoms with Gasteiger partial charge in [0.05, 0.1) is 12.7 Å². The lowest BCUT2D eigenvalue weighted by Crippen LogP contribution is -2.18. The number of benzene rings is 1. The summed E-state index contributed by atoms with van der Waals surface area (Å²) in [5.41, 5.74) is -3.37. The third kappa shape index (κ3) is 2.88. The van der Waals surface area contributed by atoms with Crippen molar-refractivity contribution in [2.75, 3.05) is 7.11 Å². The second kappa shape index (κ2) is 4.70. The Hall–Kier alpha value is -1.40. The number of rotatable bonds is 2. The molecule has 0 aliphatic carbocycles. The first kappa shape index (κ1) is 14.7. The zero-order chi connectivity index (χ0) is 14.1. The van der Waals surface area contributed by atoms with Gasteiger partial charge in [0.15, 0.2) is 0 Å². The summed E-state index contributed by atoms with van der Waals surface area (Å²) in [7, 11) is 0.907. The van der Waals surface area contributed by atoms with Gasteiger partial charge in [-0.3, -0.25) is 0 Å². The van der Waals surface area contributed by atoms with Crippen molar-refractivity contribution in [3.63, 3.8) is 0 Å². The average Bonchev–Trinajstić information content (AvgIpc) is 2.24. The Bertz CT molecular complexity index is 432. The highest BCUT2D eigenvalue weighted by molar-refractivity contribution is 5.47. The van der Waals surface area contributed by atoms with Crippen molar-refractivity contribution < 1.29 is 31.1 Å². The van der Waals surface area contributed by atoms with Crippen LogP contribution in [0.25, 0.3) is 0 Å². The normalized spacial score (nSPS) is 12.7. The molecule has 0 amide bonds. The van der Waals surface area contributed by atoms with E-state index in [4.69, 9.17) is 0 Å². The minimum atomic E-state index is -5.12. The molecule has 18 heavy (non-hydrogen) atoms. The van der Waals surface area contributed by atoms with E-state index in [0.29, 0.717) is 6.07 Å². The Morgan fingerprint density at radius 3 is 1.89 bits per heavy atom. The largest absolute Gasteiger partial charge is 0.496 e. The van der Waals surface area contributed by atoms with Crippen LogP contribution >= 0.6 is 0 Å². The molecule has 0 heterocycles. The van der Waals surface area contributed by atoms with Gasteiger partial charge in [-0.15, -0.1) is 0 Å². The van der Waals surface area contributed by atoms with Crippen molar-refractivity contribution in [1.82, 2.24) is 0 Å². The van der Waals surface area contributed by atoms with Crippen LogP contribution in [0, 0.1) is 0 Å². The second-order valence-electron chi connectivity index (χ2n) is 3.57. The van der Waals surface area contributed by atoms with Gasteiger partial charge in [0.25, 0.3) is 0 Å². The Morgan fingerprint density at radius 1 is 1.00 bits per heavy atom. The van der Waals surface area contributed by atoms with Crippen LogP contribution in [-0.2, 0) is 18.8 Å². The number of halogens is 6. The van der Waals surface area contributed by atoms with Crippen LogP contribution in [0.4, 0.5) is 26.3 Å². The summed E-state index contributed by atoms with van der Waals surface area (Å²) in [5, 5.41) is 0. The fourth-order valence-electron chi connectivity index (χ4n) is 1.55. The van der Waals surface area contributed by atoms with E-state index in [0.717, 1.165) is 13.2 Å². The third-order valence-corrected chi connectivity index (χ3v) is 2.38. The van der Waals surface area contributed by atoms with Crippen molar-refractivity contribution in [3.05, 3.63) is 28.8 Å². The van der Waals surface area contributed by atoms with Crippen molar-refractivity contribution in [3.8, 4) is 5.75 Å². The Balaban J connectivity index is 3.64. The maximum Gasteiger partial charge on any atom is 0.420 e. The molecule has 0 saturated carbocycles. The summed E-state index contributed by atoms with van der Waals surface area (Å²) >= 11 is 0. The molecular weight excluding hydrogens is 262 g/mol. The predicted molar refractivity (Wildman–Crippen MR) is 52.4 cm³/mol. The van der Waals surface area contributed by atoms with E-state index in [1.807, 2.05) is 0 Å². The molecular formula is C11H10F6O. The summed E-state index contributed by atoms with van der Waals surface area (Å²) in [5.74, 6) is -0.811. The molecule has 1 nitrogen and oxygen atoms in total. The molecule has 7 heteroatoms. The summed E-state index contributed by atoms with van der Waals surface area (Å²) in [6.07, 6.45) is -10.0. The molecule has 0 aliphatic rings. The van der Waals surface area contributed by atoms with Crippen LogP contribution in [0.1, 0.15) is 23.6 Å². The molecule has 0 fully saturated rings. The summed E-state index contributed by atoms with van der Waals surface area (Å²) in [6, 6.07) is 1.48. The van der Waals surface area contributed by atoms with E-state index >= 15 is 0 Å². The van der Waals surface area contributed by atoms with E-state index in [2.05, 4.69) is 4.74 Å². The van der Waals surface area contributed by atoms with Gasteiger partial charge < -0.3 is 4.74 Å². The Labute approximate surface area is 99.4 Å². The highest BCUT2D eigenvalue weighted by Gasteiger charge is 2.45. The maximum absolute atomic E-state index is 12.7. The van der Waals surface area contributed by atoms with Crippen LogP contribution in [0.2, 0.25) is 0 Å². The minimum absolute atomic E-state index is 0.132. The molecule has 0 radical (unpaired) electrons. The van der Waals surface area contributed by atoms with Crippen LogP contribution in [0.15, 0.2) is 12.1 Å². The highest BCUT2D eigenvalue weighted by atomic mass is 19.4. The molecule has 0 aromatic heterocycles. The van der Waals surface area contributed by atoms with E-state index < -0.39 is 29.2 Å². The highest BCUT2D eigenvalue weighted by Crippen LogP contribution is 2.45. The quantitative estimate of drug-likeness (QED) is 0.729. The van der Waals surface area contributed by atoms with E-state index in [9.17, 15) is 26.3 Å². The Morgan fingerprint density at radius 2 is 1.56 bits per heavy atom. The molecule has 0 unspecified atom stereocenters. The summed E-state index contributed by atoms with van der Waals surface area (Å²) < 4.78 is 80.4. The third-order valence-electron chi connectivity index (χ3n) is 2.38. The van der Waals surface area contributed by atoms with Crippen LogP contribution in [0.3, 0.4) is 0 Å². The number of alkyl halides is 6. The molecule has 0 saturated heterocycles. The lowest BCUT2D eigenvalue weighted by Gasteiger charge is -2.19. The average molecular weight is 272 g/mol. The number of methoxy groups -OCH3 is 1. The maximum atomic E-state index is 12.7. The van der Waals surface area contributed by atoms with Crippen molar-refractivity contribution in [1.29, 1.82) is 0 Å². The van der Waals surface area contributed by atoms with Gasteiger partial charge in [-0.2, -0.15) is 26.3 Å². The number of hydrogen-bond donors (Lipinski definition) is 0. The van der Waals surface area contributed by atoms with Gasteiger partial charge in [-0.1, -0.05) is 6.92 Å². The standard InChI is InChI=1S/C11H10F6O/c1-3-6-4-7(10(12,13)14)9(11(15,16)17)8(5-6)18-2/h4-5H,3H2,1-2H3. The molecule has 102 valence electrons. The zero-order valence-electron chi connectivity index (χ0n) is 9.54. The van der Waals surface area contributed by atoms with Gasteiger partial charge in [0, 0.05) is 0 Å². The first-order valence-corrected chi connectivity index (χ1v) is 4.96. The van der Waals surface area contributed by atoms with E-state index in [1.54, 1.807) is 6.92 Å². The second-order valence-corrected chi connectivity index (χ2v) is 3.57. The van der Waals surface area contributed by atoms with Crippen LogP contribution in [0.5, 0.6) is 5.75 Å². The topological polar surface area (TPSA) is 9.23 Å². The molecule has 0 aliphatic heterocycles. The molecule has 1 aromatic carbocycles. The van der Waals surface area contributed by atoms with Gasteiger partial charge in [-0.05, 0) is 24.1 Å². The van der Waals surface area contributed by atoms with E-state index in [1.165, 1.54) is 0 Å². The molecule has 1 rings (SSSR count). The van der Waals surface area contributed by atoms with Gasteiger partial charge in [0.1, 0.15) is 11.3 Å². The fourth-order valence-corrected chi connectivity index (χ4v) is 1.55. The number of hydrogen-bond acceptors (Lipinski definition) is 1. The van der Waals surface area contributed by atoms with Gasteiger partial charge in [-0.25, -0.2) is 0 Å². The lowest BCUT2D eigenvalue weighted by molar-refractivity contribution is -0.163. The summed E-state index contributed by atoms with van der Waals surface area (Å²) in [6.45, 7) is 1.54. The molecule has 0 spiro atoms. The van der Waals surface area contributed by atoms with Crippen LogP contribution < -0.4 is 4.74 Å². The minimum Gasteiger partial charge on any atom is -0.496 e. The van der Waals surface area contributed by atoms with Crippen molar-refractivity contribution in [2.24, 2.45) is 0 Å². The van der Waals surface area contributed by atoms with Gasteiger partial charge >= 0.3 is 12.4 Å². The van der Waals surface area contributed by atoms with E-state index in [-0.39, 0.29) is 12.0 Å². The number of ether oxygens (including phenoxy) is 1. The van der Waals surface area contributed by atoms with Crippen molar-refractivity contribution >= 4 is 0 Å². The lowest BCUT2D eigenvalue weighted by atomic mass is 10.00. The predicted octanol–water partition coefficient (Wildman–Crippen LogP) is 4.30. The van der Waals surface area contributed by atoms with Gasteiger partial charge in [0.2, 0.25) is 0 Å². The molecule has 0 atom stereocenters. The SMILES string of the molecule is CCc1cc(OC)c(C(F)(F)F)c(C(F)(F)F)c1. The van der Waals surface area contributed by atoms with Crippen LogP contribution in [-0.4, -0.2) is 7.11 Å². The smallest absolute Gasteiger partial charge is 0.420 e.